The molecule has 36 heavy (non-hydrogen) atoms. The summed E-state index contributed by atoms with van der Waals surface area (Å²) in [5.74, 6) is 0.912. The second kappa shape index (κ2) is 11.5. The van der Waals surface area contributed by atoms with Gasteiger partial charge in [-0.2, -0.15) is 16.7 Å². The lowest BCUT2D eigenvalue weighted by atomic mass is 10.2. The van der Waals surface area contributed by atoms with Crippen LogP contribution in [0.1, 0.15) is 45.7 Å². The highest BCUT2D eigenvalue weighted by molar-refractivity contribution is 7.98. The summed E-state index contributed by atoms with van der Waals surface area (Å²) in [6.07, 6.45) is 5.75. The fourth-order valence-electron chi connectivity index (χ4n) is 4.23. The Bertz CT molecular complexity index is 1130. The average Bonchev–Trinajstić information content (AvgIpc) is 3.36. The van der Waals surface area contributed by atoms with Gasteiger partial charge in [0, 0.05) is 30.1 Å². The molecule has 0 bridgehead atoms. The Morgan fingerprint density at radius 3 is 2.67 bits per heavy atom. The molecule has 2 aromatic heterocycles. The number of rotatable bonds is 11. The molecule has 0 aliphatic carbocycles. The molecular formula is C27H38N4O4S. The Kier molecular flexibility index (Phi) is 8.57. The maximum atomic E-state index is 6.21. The highest BCUT2D eigenvalue weighted by Crippen LogP contribution is 2.30. The predicted molar refractivity (Wildman–Crippen MR) is 143 cm³/mol. The summed E-state index contributed by atoms with van der Waals surface area (Å²) in [6.45, 7) is 12.0. The van der Waals surface area contributed by atoms with Gasteiger partial charge >= 0.3 is 0 Å². The van der Waals surface area contributed by atoms with E-state index in [4.69, 9.17) is 18.9 Å². The fraction of sp³-hybridized carbons (Fsp3) is 0.556. The van der Waals surface area contributed by atoms with E-state index in [1.165, 1.54) is 0 Å². The largest absolute Gasteiger partial charge is 0.470 e. The molecule has 3 aromatic rings. The third kappa shape index (κ3) is 6.98. The van der Waals surface area contributed by atoms with Crippen LogP contribution in [0.25, 0.3) is 11.0 Å². The minimum absolute atomic E-state index is 0.00980. The van der Waals surface area contributed by atoms with Gasteiger partial charge in [-0.05, 0) is 46.4 Å². The molecule has 0 amide bonds. The molecule has 1 aliphatic heterocycles. The van der Waals surface area contributed by atoms with Crippen molar-refractivity contribution in [3.63, 3.8) is 0 Å². The summed E-state index contributed by atoms with van der Waals surface area (Å²) in [6, 6.07) is 10.3. The van der Waals surface area contributed by atoms with Crippen LogP contribution in [0.2, 0.25) is 0 Å². The first-order chi connectivity index (χ1) is 17.1. The van der Waals surface area contributed by atoms with E-state index in [1.807, 2.05) is 57.4 Å². The van der Waals surface area contributed by atoms with Gasteiger partial charge in [0.25, 0.3) is 0 Å². The van der Waals surface area contributed by atoms with E-state index in [-0.39, 0.29) is 12.1 Å². The monoisotopic (exact) mass is 514 g/mol. The summed E-state index contributed by atoms with van der Waals surface area (Å²) in [4.78, 5) is 9.10. The van der Waals surface area contributed by atoms with Gasteiger partial charge in [0.05, 0.1) is 13.2 Å². The van der Waals surface area contributed by atoms with Crippen LogP contribution >= 0.6 is 11.8 Å². The topological polar surface area (TPSA) is 79.7 Å². The quantitative estimate of drug-likeness (QED) is 0.393. The van der Waals surface area contributed by atoms with Gasteiger partial charge in [0.2, 0.25) is 5.88 Å². The number of benzene rings is 1. The van der Waals surface area contributed by atoms with Crippen LogP contribution in [0.5, 0.6) is 5.88 Å². The number of thioether (sulfide) groups is 1. The van der Waals surface area contributed by atoms with Gasteiger partial charge in [0.1, 0.15) is 35.8 Å². The molecule has 0 unspecified atom stereocenters. The Hall–Kier alpha value is -2.17. The van der Waals surface area contributed by atoms with Gasteiger partial charge in [-0.1, -0.05) is 30.3 Å². The van der Waals surface area contributed by atoms with Gasteiger partial charge in [0.15, 0.2) is 5.79 Å². The van der Waals surface area contributed by atoms with E-state index in [2.05, 4.69) is 39.9 Å². The molecule has 1 fully saturated rings. The van der Waals surface area contributed by atoms with Crippen molar-refractivity contribution in [1.82, 2.24) is 19.9 Å². The third-order valence-corrected chi connectivity index (χ3v) is 6.51. The van der Waals surface area contributed by atoms with E-state index >= 15 is 0 Å². The maximum Gasteiger partial charge on any atom is 0.242 e. The number of hydrogen-bond donors (Lipinski definition) is 1. The highest BCUT2D eigenvalue weighted by atomic mass is 32.2. The van der Waals surface area contributed by atoms with Crippen molar-refractivity contribution in [3.05, 3.63) is 54.0 Å². The number of fused-ring (bicyclic) bond motifs is 1. The summed E-state index contributed by atoms with van der Waals surface area (Å²) >= 11 is 1.79. The van der Waals surface area contributed by atoms with Crippen molar-refractivity contribution in [2.24, 2.45) is 0 Å². The van der Waals surface area contributed by atoms with Gasteiger partial charge in [-0.3, -0.25) is 0 Å². The fourth-order valence-corrected chi connectivity index (χ4v) is 4.93. The molecule has 1 N–H and O–H groups in total. The van der Waals surface area contributed by atoms with E-state index < -0.39 is 11.4 Å². The average molecular weight is 515 g/mol. The van der Waals surface area contributed by atoms with Crippen molar-refractivity contribution in [2.45, 2.75) is 78.0 Å². The van der Waals surface area contributed by atoms with Crippen molar-refractivity contribution in [3.8, 4) is 5.88 Å². The van der Waals surface area contributed by atoms with Crippen LogP contribution in [-0.2, 0) is 34.1 Å². The lowest BCUT2D eigenvalue weighted by molar-refractivity contribution is -0.141. The van der Waals surface area contributed by atoms with E-state index in [0.29, 0.717) is 32.4 Å². The Balaban J connectivity index is 1.57. The van der Waals surface area contributed by atoms with Gasteiger partial charge in [-0.25, -0.2) is 4.98 Å². The molecule has 0 radical (unpaired) electrons. The van der Waals surface area contributed by atoms with Gasteiger partial charge in [-0.15, -0.1) is 0 Å². The highest BCUT2D eigenvalue weighted by Gasteiger charge is 2.37. The van der Waals surface area contributed by atoms with Crippen molar-refractivity contribution >= 4 is 22.8 Å². The van der Waals surface area contributed by atoms with Gasteiger partial charge < -0.3 is 28.8 Å². The van der Waals surface area contributed by atoms with Crippen LogP contribution in [0.4, 0.5) is 0 Å². The van der Waals surface area contributed by atoms with Crippen molar-refractivity contribution in [1.29, 1.82) is 0 Å². The number of nitrogens with one attached hydrogen (secondary N) is 1. The first-order valence-electron chi connectivity index (χ1n) is 12.3. The molecule has 1 aliphatic rings. The summed E-state index contributed by atoms with van der Waals surface area (Å²) in [7, 11) is 0. The van der Waals surface area contributed by atoms with Crippen LogP contribution in [-0.4, -0.2) is 56.7 Å². The molecule has 3 heterocycles. The van der Waals surface area contributed by atoms with Crippen molar-refractivity contribution in [2.75, 3.05) is 18.6 Å². The molecule has 8 nitrogen and oxygen atoms in total. The lowest BCUT2D eigenvalue weighted by Gasteiger charge is -2.24. The summed E-state index contributed by atoms with van der Waals surface area (Å²) in [5, 5.41) is 3.69. The minimum atomic E-state index is -0.554. The zero-order chi connectivity index (χ0) is 25.8. The molecule has 1 saturated heterocycles. The number of ether oxygens (including phenoxy) is 4. The van der Waals surface area contributed by atoms with Crippen molar-refractivity contribution < 1.29 is 18.9 Å². The normalized spacial score (nSPS) is 18.6. The maximum absolute atomic E-state index is 6.21. The summed E-state index contributed by atoms with van der Waals surface area (Å²) < 4.78 is 26.3. The Morgan fingerprint density at radius 1 is 1.22 bits per heavy atom. The molecular weight excluding hydrogens is 476 g/mol. The Labute approximate surface area is 218 Å². The molecule has 4 rings (SSSR count). The number of aromatic nitrogens is 3. The molecule has 0 spiro atoms. The predicted octanol–water partition coefficient (Wildman–Crippen LogP) is 4.76. The van der Waals surface area contributed by atoms with Crippen LogP contribution in [0.15, 0.2) is 42.9 Å². The summed E-state index contributed by atoms with van der Waals surface area (Å²) in [5.41, 5.74) is 3.47. The molecule has 2 atom stereocenters. The lowest BCUT2D eigenvalue weighted by Crippen LogP contribution is -2.43. The van der Waals surface area contributed by atoms with E-state index in [9.17, 15) is 0 Å². The molecule has 1 aromatic carbocycles. The second-order valence-corrected chi connectivity index (χ2v) is 11.4. The van der Waals surface area contributed by atoms with E-state index in [1.54, 1.807) is 18.1 Å². The van der Waals surface area contributed by atoms with E-state index in [0.717, 1.165) is 27.9 Å². The zero-order valence-corrected chi connectivity index (χ0v) is 22.9. The first kappa shape index (κ1) is 26.9. The molecule has 9 heteroatoms. The molecule has 0 saturated carbocycles. The SMILES string of the molecule is CSC[C@@H](NCc1cn(COCc2ccccc2)c2c(OC(C)(C)C)ncnc12)[C@@H]1COC(C)(C)O1. The minimum Gasteiger partial charge on any atom is -0.470 e. The standard InChI is InChI=1S/C27H38N4O4S/c1-26(2,3)35-25-24-23(29-17-30-25)20(13-31(24)18-32-14-19-10-8-7-9-11-19)12-28-21(16-36-6)22-15-33-27(4,5)34-22/h7-11,13,17,21-22,28H,12,14-16,18H2,1-6H3/t21-,22+/m1/s1. The number of hydrogen-bond acceptors (Lipinski definition) is 8. The third-order valence-electron chi connectivity index (χ3n) is 5.82. The molecule has 196 valence electrons. The van der Waals surface area contributed by atoms with Crippen LogP contribution < -0.4 is 10.1 Å². The van der Waals surface area contributed by atoms with Crippen LogP contribution in [0, 0.1) is 0 Å². The Morgan fingerprint density at radius 2 is 2.00 bits per heavy atom. The van der Waals surface area contributed by atoms with Crippen LogP contribution in [0.3, 0.4) is 0 Å². The first-order valence-corrected chi connectivity index (χ1v) is 13.7. The smallest absolute Gasteiger partial charge is 0.242 e. The second-order valence-electron chi connectivity index (χ2n) is 10.5. The number of nitrogens with zero attached hydrogens (tertiary/aromatic N) is 3. The zero-order valence-electron chi connectivity index (χ0n) is 22.1.